The zero-order valence-electron chi connectivity index (χ0n) is 13.8. The van der Waals surface area contributed by atoms with E-state index in [2.05, 4.69) is 10.1 Å². The largest absolute Gasteiger partial charge is 0.431 e. The summed E-state index contributed by atoms with van der Waals surface area (Å²) in [7, 11) is 0. The zero-order chi connectivity index (χ0) is 20.9. The monoisotopic (exact) mass is 438 g/mol. The van der Waals surface area contributed by atoms with Crippen molar-refractivity contribution in [3.8, 4) is 5.75 Å². The van der Waals surface area contributed by atoms with E-state index in [4.69, 9.17) is 23.2 Å². The van der Waals surface area contributed by atoms with Crippen molar-refractivity contribution in [3.63, 3.8) is 0 Å². The summed E-state index contributed by atoms with van der Waals surface area (Å²) in [5.74, 6) is -3.70. The highest BCUT2D eigenvalue weighted by Crippen LogP contribution is 2.30. The van der Waals surface area contributed by atoms with Crippen LogP contribution in [0.1, 0.15) is 15.9 Å². The van der Waals surface area contributed by atoms with Gasteiger partial charge in [-0.25, -0.2) is 13.6 Å². The number of imide groups is 1. The van der Waals surface area contributed by atoms with E-state index in [1.807, 2.05) is 0 Å². The SMILES string of the molecule is O=C(NCc1ccc(OC(F)(F)C(Cl)Cl)cc1)NC(=O)c1c(F)cccc1F. The molecule has 150 valence electrons. The molecule has 28 heavy (non-hydrogen) atoms. The van der Waals surface area contributed by atoms with Crippen LogP contribution in [0.5, 0.6) is 5.75 Å². The lowest BCUT2D eigenvalue weighted by molar-refractivity contribution is -0.163. The maximum absolute atomic E-state index is 13.5. The molecule has 0 aliphatic rings. The van der Waals surface area contributed by atoms with Crippen molar-refractivity contribution < 1.29 is 31.9 Å². The number of hydrogen-bond donors (Lipinski definition) is 2. The molecule has 0 atom stereocenters. The predicted molar refractivity (Wildman–Crippen MR) is 93.6 cm³/mol. The Morgan fingerprint density at radius 1 is 1.04 bits per heavy atom. The van der Waals surface area contributed by atoms with Crippen LogP contribution in [-0.2, 0) is 6.54 Å². The molecule has 11 heteroatoms. The van der Waals surface area contributed by atoms with Gasteiger partial charge in [0.1, 0.15) is 22.9 Å². The molecule has 0 radical (unpaired) electrons. The standard InChI is InChI=1S/C17H12Cl2F4N2O3/c18-15(19)17(22,23)28-10-6-4-9(5-7-10)8-24-16(27)25-14(26)13-11(20)2-1-3-12(13)21/h1-7,15H,8H2,(H2,24,25,26,27). The normalized spacial score (nSPS) is 11.2. The second-order valence-corrected chi connectivity index (χ2v) is 6.44. The van der Waals surface area contributed by atoms with E-state index in [0.29, 0.717) is 5.56 Å². The fourth-order valence-corrected chi connectivity index (χ4v) is 2.07. The first-order chi connectivity index (χ1) is 13.1. The molecule has 3 amide bonds. The number of carbonyl (C=O) groups is 2. The third-order valence-electron chi connectivity index (χ3n) is 3.30. The van der Waals surface area contributed by atoms with E-state index < -0.39 is 40.1 Å². The molecular formula is C17H12Cl2F4N2O3. The average molecular weight is 439 g/mol. The molecule has 2 N–H and O–H groups in total. The maximum atomic E-state index is 13.5. The van der Waals surface area contributed by atoms with Gasteiger partial charge in [0.05, 0.1) is 0 Å². The third-order valence-corrected chi connectivity index (χ3v) is 3.81. The van der Waals surface area contributed by atoms with Crippen LogP contribution in [0, 0.1) is 11.6 Å². The topological polar surface area (TPSA) is 67.4 Å². The highest BCUT2D eigenvalue weighted by Gasteiger charge is 2.40. The van der Waals surface area contributed by atoms with Crippen molar-refractivity contribution in [1.82, 2.24) is 10.6 Å². The fraction of sp³-hybridized carbons (Fsp3) is 0.176. The first kappa shape index (κ1) is 21.8. The summed E-state index contributed by atoms with van der Waals surface area (Å²) < 4.78 is 57.9. The quantitative estimate of drug-likeness (QED) is 0.519. The van der Waals surface area contributed by atoms with Gasteiger partial charge in [-0.2, -0.15) is 8.78 Å². The number of rotatable bonds is 6. The second-order valence-electron chi connectivity index (χ2n) is 5.34. The molecule has 0 aliphatic carbocycles. The van der Waals surface area contributed by atoms with Gasteiger partial charge in [-0.1, -0.05) is 41.4 Å². The Morgan fingerprint density at radius 2 is 1.61 bits per heavy atom. The van der Waals surface area contributed by atoms with Crippen LogP contribution in [0.2, 0.25) is 0 Å². The van der Waals surface area contributed by atoms with Gasteiger partial charge in [0.2, 0.25) is 4.84 Å². The van der Waals surface area contributed by atoms with E-state index in [1.54, 1.807) is 5.32 Å². The molecular weight excluding hydrogens is 427 g/mol. The van der Waals surface area contributed by atoms with Gasteiger partial charge in [-0.05, 0) is 29.8 Å². The van der Waals surface area contributed by atoms with E-state index in [9.17, 15) is 27.2 Å². The number of alkyl halides is 4. The van der Waals surface area contributed by atoms with Gasteiger partial charge < -0.3 is 10.1 Å². The van der Waals surface area contributed by atoms with Crippen molar-refractivity contribution in [2.45, 2.75) is 17.5 Å². The van der Waals surface area contributed by atoms with Crippen molar-refractivity contribution in [3.05, 3.63) is 65.2 Å². The van der Waals surface area contributed by atoms with E-state index in [-0.39, 0.29) is 12.3 Å². The molecule has 0 saturated carbocycles. The number of hydrogen-bond acceptors (Lipinski definition) is 3. The van der Waals surface area contributed by atoms with Crippen LogP contribution in [0.4, 0.5) is 22.4 Å². The van der Waals surface area contributed by atoms with Crippen molar-refractivity contribution in [2.75, 3.05) is 0 Å². The summed E-state index contributed by atoms with van der Waals surface area (Å²) in [4.78, 5) is 21.4. The van der Waals surface area contributed by atoms with Gasteiger partial charge in [-0.15, -0.1) is 0 Å². The van der Waals surface area contributed by atoms with Crippen LogP contribution in [0.25, 0.3) is 0 Å². The van der Waals surface area contributed by atoms with E-state index in [1.165, 1.54) is 24.3 Å². The Hall–Kier alpha value is -2.52. The molecule has 0 unspecified atom stereocenters. The average Bonchev–Trinajstić information content (AvgIpc) is 2.60. The molecule has 2 aromatic rings. The predicted octanol–water partition coefficient (Wildman–Crippen LogP) is 4.38. The summed E-state index contributed by atoms with van der Waals surface area (Å²) >= 11 is 10.2. The number of carbonyl (C=O) groups excluding carboxylic acids is 2. The Balaban J connectivity index is 1.90. The van der Waals surface area contributed by atoms with Gasteiger partial charge >= 0.3 is 12.1 Å². The molecule has 0 aromatic heterocycles. The molecule has 2 aromatic carbocycles. The Bertz CT molecular complexity index is 844. The summed E-state index contributed by atoms with van der Waals surface area (Å²) in [5.41, 5.74) is -0.430. The fourth-order valence-electron chi connectivity index (χ4n) is 1.98. The highest BCUT2D eigenvalue weighted by molar-refractivity contribution is 6.44. The third kappa shape index (κ3) is 5.74. The molecule has 0 heterocycles. The molecule has 0 aliphatic heterocycles. The van der Waals surface area contributed by atoms with Crippen LogP contribution < -0.4 is 15.4 Å². The molecule has 5 nitrogen and oxygen atoms in total. The summed E-state index contributed by atoms with van der Waals surface area (Å²) in [6, 6.07) is 6.93. The summed E-state index contributed by atoms with van der Waals surface area (Å²) in [5, 5.41) is 4.06. The number of amides is 3. The lowest BCUT2D eigenvalue weighted by atomic mass is 10.2. The Kier molecular flexibility index (Phi) is 7.09. The van der Waals surface area contributed by atoms with Crippen LogP contribution in [0.3, 0.4) is 0 Å². The summed E-state index contributed by atoms with van der Waals surface area (Å²) in [6.07, 6.45) is -3.79. The first-order valence-electron chi connectivity index (χ1n) is 7.57. The Labute approximate surface area is 166 Å². The smallest absolute Gasteiger partial charge is 0.428 e. The molecule has 0 fully saturated rings. The molecule has 0 spiro atoms. The molecule has 0 saturated heterocycles. The minimum Gasteiger partial charge on any atom is -0.431 e. The number of nitrogens with one attached hydrogen (secondary N) is 2. The number of benzene rings is 2. The van der Waals surface area contributed by atoms with Crippen molar-refractivity contribution in [1.29, 1.82) is 0 Å². The molecule has 2 rings (SSSR count). The van der Waals surface area contributed by atoms with E-state index in [0.717, 1.165) is 18.2 Å². The van der Waals surface area contributed by atoms with Gasteiger partial charge in [0.25, 0.3) is 5.91 Å². The zero-order valence-corrected chi connectivity index (χ0v) is 15.3. The van der Waals surface area contributed by atoms with Gasteiger partial charge in [0.15, 0.2) is 0 Å². The van der Waals surface area contributed by atoms with E-state index >= 15 is 0 Å². The maximum Gasteiger partial charge on any atom is 0.428 e. The number of halogens is 6. The summed E-state index contributed by atoms with van der Waals surface area (Å²) in [6.45, 7) is -0.108. The molecule has 0 bridgehead atoms. The minimum absolute atomic E-state index is 0.108. The van der Waals surface area contributed by atoms with Crippen molar-refractivity contribution in [2.24, 2.45) is 0 Å². The van der Waals surface area contributed by atoms with Crippen molar-refractivity contribution >= 4 is 35.1 Å². The number of urea groups is 1. The van der Waals surface area contributed by atoms with Crippen LogP contribution >= 0.6 is 23.2 Å². The van der Waals surface area contributed by atoms with Crippen LogP contribution in [-0.4, -0.2) is 22.9 Å². The number of ether oxygens (including phenoxy) is 1. The highest BCUT2D eigenvalue weighted by atomic mass is 35.5. The van der Waals surface area contributed by atoms with Gasteiger partial charge in [-0.3, -0.25) is 10.1 Å². The Morgan fingerprint density at radius 3 is 2.14 bits per heavy atom. The first-order valence-corrected chi connectivity index (χ1v) is 8.44. The minimum atomic E-state index is -3.79. The lowest BCUT2D eigenvalue weighted by Crippen LogP contribution is -2.39. The van der Waals surface area contributed by atoms with Gasteiger partial charge in [0, 0.05) is 6.54 Å². The lowest BCUT2D eigenvalue weighted by Gasteiger charge is -2.18. The second kappa shape index (κ2) is 9.11. The van der Waals surface area contributed by atoms with Crippen LogP contribution in [0.15, 0.2) is 42.5 Å².